The van der Waals surface area contributed by atoms with Crippen molar-refractivity contribution in [2.45, 2.75) is 38.8 Å². The van der Waals surface area contributed by atoms with E-state index in [0.29, 0.717) is 25.1 Å². The summed E-state index contributed by atoms with van der Waals surface area (Å²) in [5.41, 5.74) is 0. The summed E-state index contributed by atoms with van der Waals surface area (Å²) in [4.78, 5) is 12.3. The highest BCUT2D eigenvalue weighted by molar-refractivity contribution is 5.88. The van der Waals surface area contributed by atoms with Gasteiger partial charge in [0, 0.05) is 38.0 Å². The Kier molecular flexibility index (Phi) is 7.88. The first-order chi connectivity index (χ1) is 12.5. The summed E-state index contributed by atoms with van der Waals surface area (Å²) < 4.78 is 5.72. The van der Waals surface area contributed by atoms with Gasteiger partial charge in [0.25, 0.3) is 0 Å². The SMILES string of the molecule is CC(C)NCC(O)COc1cccc2ccccc12.CN1CCCC1=O. The van der Waals surface area contributed by atoms with E-state index < -0.39 is 6.10 Å². The first kappa shape index (κ1) is 20.2. The normalized spacial score (nSPS) is 15.1. The van der Waals surface area contributed by atoms with Crippen LogP contribution in [0.25, 0.3) is 10.8 Å². The minimum Gasteiger partial charge on any atom is -0.490 e. The molecule has 142 valence electrons. The summed E-state index contributed by atoms with van der Waals surface area (Å²) in [5.74, 6) is 1.11. The van der Waals surface area contributed by atoms with Crippen molar-refractivity contribution in [2.24, 2.45) is 0 Å². The lowest BCUT2D eigenvalue weighted by atomic mass is 10.1. The molecule has 0 radical (unpaired) electrons. The predicted octanol–water partition coefficient (Wildman–Crippen LogP) is 2.82. The molecule has 1 unspecified atom stereocenters. The van der Waals surface area contributed by atoms with Crippen LogP contribution in [0.4, 0.5) is 0 Å². The summed E-state index contributed by atoms with van der Waals surface area (Å²) >= 11 is 0. The standard InChI is InChI=1S/C16H21NO2.C5H9NO/c1-12(2)17-10-14(18)11-19-16-9-5-7-13-6-3-4-8-15(13)16;1-6-4-2-3-5(6)7/h3-9,12,14,17-18H,10-11H2,1-2H3;2-4H2,1H3. The monoisotopic (exact) mass is 358 g/mol. The first-order valence-electron chi connectivity index (χ1n) is 9.23. The van der Waals surface area contributed by atoms with Crippen LogP contribution < -0.4 is 10.1 Å². The number of likely N-dealkylation sites (tertiary alicyclic amines) is 1. The molecule has 1 fully saturated rings. The zero-order valence-corrected chi connectivity index (χ0v) is 15.9. The second kappa shape index (κ2) is 10.1. The molecule has 2 aromatic carbocycles. The summed E-state index contributed by atoms with van der Waals surface area (Å²) in [7, 11) is 1.84. The van der Waals surface area contributed by atoms with E-state index in [1.165, 1.54) is 0 Å². The van der Waals surface area contributed by atoms with Crippen LogP contribution in [0.1, 0.15) is 26.7 Å². The largest absolute Gasteiger partial charge is 0.490 e. The summed E-state index contributed by atoms with van der Waals surface area (Å²) in [6, 6.07) is 14.4. The van der Waals surface area contributed by atoms with Crippen molar-refractivity contribution >= 4 is 16.7 Å². The van der Waals surface area contributed by atoms with Crippen LogP contribution in [0.2, 0.25) is 0 Å². The summed E-state index contributed by atoms with van der Waals surface area (Å²) in [6.45, 7) is 5.91. The Hall–Kier alpha value is -2.11. The highest BCUT2D eigenvalue weighted by atomic mass is 16.5. The third kappa shape index (κ3) is 6.32. The number of hydrogen-bond acceptors (Lipinski definition) is 4. The fourth-order valence-electron chi connectivity index (χ4n) is 2.72. The van der Waals surface area contributed by atoms with Crippen LogP contribution in [0.15, 0.2) is 42.5 Å². The van der Waals surface area contributed by atoms with Crippen molar-refractivity contribution in [3.63, 3.8) is 0 Å². The van der Waals surface area contributed by atoms with Gasteiger partial charge in [-0.3, -0.25) is 4.79 Å². The van der Waals surface area contributed by atoms with Gasteiger partial charge in [-0.15, -0.1) is 0 Å². The molecule has 1 amide bonds. The van der Waals surface area contributed by atoms with E-state index in [2.05, 4.69) is 31.3 Å². The highest BCUT2D eigenvalue weighted by Crippen LogP contribution is 2.25. The number of rotatable bonds is 6. The quantitative estimate of drug-likeness (QED) is 0.834. The average Bonchev–Trinajstić information content (AvgIpc) is 3.01. The van der Waals surface area contributed by atoms with Gasteiger partial charge in [-0.1, -0.05) is 50.2 Å². The van der Waals surface area contributed by atoms with Gasteiger partial charge in [0.1, 0.15) is 18.5 Å². The van der Waals surface area contributed by atoms with Gasteiger partial charge in [-0.25, -0.2) is 0 Å². The second-order valence-electron chi connectivity index (χ2n) is 6.92. The number of carbonyl (C=O) groups is 1. The first-order valence-corrected chi connectivity index (χ1v) is 9.23. The van der Waals surface area contributed by atoms with Crippen LogP contribution in [-0.4, -0.2) is 54.8 Å². The van der Waals surface area contributed by atoms with E-state index in [-0.39, 0.29) is 0 Å². The van der Waals surface area contributed by atoms with E-state index in [0.717, 1.165) is 35.9 Å². The molecule has 2 N–H and O–H groups in total. The van der Waals surface area contributed by atoms with Gasteiger partial charge in [-0.2, -0.15) is 0 Å². The number of nitrogens with one attached hydrogen (secondary N) is 1. The van der Waals surface area contributed by atoms with Crippen LogP contribution in [0.5, 0.6) is 5.75 Å². The molecular formula is C21H30N2O3. The molecule has 5 heteroatoms. The maximum Gasteiger partial charge on any atom is 0.222 e. The fourth-order valence-corrected chi connectivity index (χ4v) is 2.72. The number of fused-ring (bicyclic) bond motifs is 1. The number of aliphatic hydroxyl groups excluding tert-OH is 1. The average molecular weight is 358 g/mol. The Bertz CT molecular complexity index is 697. The zero-order chi connectivity index (χ0) is 18.9. The second-order valence-corrected chi connectivity index (χ2v) is 6.92. The Morgan fingerprint density at radius 2 is 1.92 bits per heavy atom. The third-order valence-corrected chi connectivity index (χ3v) is 4.25. The topological polar surface area (TPSA) is 61.8 Å². The lowest BCUT2D eigenvalue weighted by Gasteiger charge is -2.15. The van der Waals surface area contributed by atoms with Crippen molar-refractivity contribution < 1.29 is 14.6 Å². The fraction of sp³-hybridized carbons (Fsp3) is 0.476. The van der Waals surface area contributed by atoms with Crippen LogP contribution in [-0.2, 0) is 4.79 Å². The number of amides is 1. The van der Waals surface area contributed by atoms with Crippen molar-refractivity contribution in [1.82, 2.24) is 10.2 Å². The van der Waals surface area contributed by atoms with Gasteiger partial charge in [0.2, 0.25) is 5.91 Å². The number of benzene rings is 2. The molecule has 1 heterocycles. The summed E-state index contributed by atoms with van der Waals surface area (Å²) in [6.07, 6.45) is 1.31. The molecule has 0 aliphatic carbocycles. The lowest BCUT2D eigenvalue weighted by Crippen LogP contribution is -2.35. The Morgan fingerprint density at radius 1 is 1.19 bits per heavy atom. The van der Waals surface area contributed by atoms with E-state index >= 15 is 0 Å². The van der Waals surface area contributed by atoms with Gasteiger partial charge in [0.05, 0.1) is 0 Å². The molecular weight excluding hydrogens is 328 g/mol. The van der Waals surface area contributed by atoms with E-state index in [9.17, 15) is 9.90 Å². The maximum absolute atomic E-state index is 10.5. The van der Waals surface area contributed by atoms with E-state index in [4.69, 9.17) is 4.74 Å². The van der Waals surface area contributed by atoms with Crippen molar-refractivity contribution in [3.8, 4) is 5.75 Å². The smallest absolute Gasteiger partial charge is 0.222 e. The molecule has 1 aliphatic rings. The Balaban J connectivity index is 0.000000290. The summed E-state index contributed by atoms with van der Waals surface area (Å²) in [5, 5.41) is 15.3. The number of carbonyl (C=O) groups excluding carboxylic acids is 1. The third-order valence-electron chi connectivity index (χ3n) is 4.25. The van der Waals surface area contributed by atoms with Crippen molar-refractivity contribution in [3.05, 3.63) is 42.5 Å². The number of aliphatic hydroxyl groups is 1. The highest BCUT2D eigenvalue weighted by Gasteiger charge is 2.14. The molecule has 3 rings (SSSR count). The molecule has 26 heavy (non-hydrogen) atoms. The van der Waals surface area contributed by atoms with E-state index in [1.807, 2.05) is 37.4 Å². The Labute approximate surface area is 156 Å². The van der Waals surface area contributed by atoms with Gasteiger partial charge in [0.15, 0.2) is 0 Å². The van der Waals surface area contributed by atoms with Gasteiger partial charge >= 0.3 is 0 Å². The van der Waals surface area contributed by atoms with Gasteiger partial charge in [-0.05, 0) is 17.9 Å². The van der Waals surface area contributed by atoms with Crippen molar-refractivity contribution in [1.29, 1.82) is 0 Å². The lowest BCUT2D eigenvalue weighted by molar-refractivity contribution is -0.126. The minimum atomic E-state index is -0.499. The van der Waals surface area contributed by atoms with Gasteiger partial charge < -0.3 is 20.1 Å². The molecule has 1 saturated heterocycles. The Morgan fingerprint density at radius 3 is 2.54 bits per heavy atom. The van der Waals surface area contributed by atoms with Crippen LogP contribution in [0.3, 0.4) is 0 Å². The minimum absolute atomic E-state index is 0.292. The molecule has 2 aromatic rings. The maximum atomic E-state index is 10.5. The van der Waals surface area contributed by atoms with Crippen LogP contribution >= 0.6 is 0 Å². The molecule has 1 aliphatic heterocycles. The number of nitrogens with zero attached hydrogens (tertiary/aromatic N) is 1. The molecule has 0 bridgehead atoms. The molecule has 5 nitrogen and oxygen atoms in total. The number of ether oxygens (including phenoxy) is 1. The molecule has 0 saturated carbocycles. The predicted molar refractivity (Wildman–Crippen MR) is 105 cm³/mol. The molecule has 0 aromatic heterocycles. The van der Waals surface area contributed by atoms with Crippen LogP contribution in [0, 0.1) is 0 Å². The van der Waals surface area contributed by atoms with E-state index in [1.54, 1.807) is 4.90 Å². The zero-order valence-electron chi connectivity index (χ0n) is 15.9. The van der Waals surface area contributed by atoms with Crippen molar-refractivity contribution in [2.75, 3.05) is 26.7 Å². The molecule has 1 atom stereocenters. The number of hydrogen-bond donors (Lipinski definition) is 2. The molecule has 0 spiro atoms.